The molecule has 0 fully saturated rings. The van der Waals surface area contributed by atoms with Gasteiger partial charge in [-0.1, -0.05) is 17.7 Å². The summed E-state index contributed by atoms with van der Waals surface area (Å²) < 4.78 is 14.8. The molecule has 0 aliphatic heterocycles. The van der Waals surface area contributed by atoms with Gasteiger partial charge in [-0.05, 0) is 24.6 Å². The van der Waals surface area contributed by atoms with E-state index < -0.39 is 5.82 Å². The van der Waals surface area contributed by atoms with Crippen LogP contribution >= 0.6 is 11.6 Å². The van der Waals surface area contributed by atoms with Gasteiger partial charge in [-0.3, -0.25) is 0 Å². The van der Waals surface area contributed by atoms with Crippen LogP contribution in [0, 0.1) is 12.7 Å². The minimum Gasteiger partial charge on any atom is -0.309 e. The quantitative estimate of drug-likeness (QED) is 0.805. The number of halogens is 2. The molecule has 6 heteroatoms. The zero-order valence-corrected chi connectivity index (χ0v) is 12.2. The first-order valence-electron chi connectivity index (χ1n) is 6.57. The fraction of sp³-hybridized carbons (Fsp3) is 0.200. The van der Waals surface area contributed by atoms with E-state index >= 15 is 0 Å². The van der Waals surface area contributed by atoms with Crippen molar-refractivity contribution in [1.82, 2.24) is 19.9 Å². The predicted molar refractivity (Wildman–Crippen MR) is 79.7 cm³/mol. The Hall–Kier alpha value is -1.98. The van der Waals surface area contributed by atoms with Crippen LogP contribution in [0.15, 0.2) is 36.7 Å². The normalized spacial score (nSPS) is 11.2. The van der Waals surface area contributed by atoms with Gasteiger partial charge in [0.2, 0.25) is 0 Å². The molecule has 0 aliphatic rings. The van der Waals surface area contributed by atoms with Gasteiger partial charge in [-0.15, -0.1) is 0 Å². The van der Waals surface area contributed by atoms with Gasteiger partial charge in [0.05, 0.1) is 10.7 Å². The van der Waals surface area contributed by atoms with Gasteiger partial charge in [0.25, 0.3) is 0 Å². The van der Waals surface area contributed by atoms with Crippen LogP contribution in [0.1, 0.15) is 16.8 Å². The Balaban J connectivity index is 1.64. The van der Waals surface area contributed by atoms with Crippen molar-refractivity contribution >= 4 is 17.2 Å². The molecule has 2 aromatic heterocycles. The summed E-state index contributed by atoms with van der Waals surface area (Å²) in [6.45, 7) is 3.19. The van der Waals surface area contributed by atoms with Crippen LogP contribution in [-0.4, -0.2) is 14.6 Å². The fourth-order valence-corrected chi connectivity index (χ4v) is 2.33. The first-order valence-corrected chi connectivity index (χ1v) is 6.95. The molecule has 0 radical (unpaired) electrons. The van der Waals surface area contributed by atoms with Crippen molar-refractivity contribution in [3.63, 3.8) is 0 Å². The highest BCUT2D eigenvalue weighted by molar-refractivity contribution is 6.30. The second-order valence-corrected chi connectivity index (χ2v) is 5.31. The Bertz CT molecular complexity index is 784. The van der Waals surface area contributed by atoms with E-state index in [2.05, 4.69) is 15.4 Å². The van der Waals surface area contributed by atoms with Gasteiger partial charge < -0.3 is 5.32 Å². The SMILES string of the molecule is Cc1cc2ncc(CNCc3ccc(F)c(Cl)c3)cn2n1. The molecule has 3 rings (SSSR count). The summed E-state index contributed by atoms with van der Waals surface area (Å²) in [6, 6.07) is 6.64. The third-order valence-corrected chi connectivity index (χ3v) is 3.42. The van der Waals surface area contributed by atoms with Crippen LogP contribution in [-0.2, 0) is 13.1 Å². The smallest absolute Gasteiger partial charge is 0.155 e. The summed E-state index contributed by atoms with van der Waals surface area (Å²) in [5, 5.41) is 7.75. The topological polar surface area (TPSA) is 42.2 Å². The number of aryl methyl sites for hydroxylation is 1. The number of rotatable bonds is 4. The molecule has 0 aliphatic carbocycles. The Morgan fingerprint density at radius 3 is 2.86 bits per heavy atom. The van der Waals surface area contributed by atoms with Crippen LogP contribution in [0.25, 0.3) is 5.65 Å². The highest BCUT2D eigenvalue weighted by Crippen LogP contribution is 2.15. The average molecular weight is 305 g/mol. The molecule has 2 heterocycles. The third kappa shape index (κ3) is 3.20. The summed E-state index contributed by atoms with van der Waals surface area (Å²) in [5.41, 5.74) is 3.74. The van der Waals surface area contributed by atoms with E-state index in [1.165, 1.54) is 6.07 Å². The molecule has 0 amide bonds. The molecule has 0 bridgehead atoms. The Labute approximate surface area is 126 Å². The molecule has 0 spiro atoms. The first-order chi connectivity index (χ1) is 10.1. The van der Waals surface area contributed by atoms with Crippen LogP contribution in [0.5, 0.6) is 0 Å². The van der Waals surface area contributed by atoms with E-state index in [-0.39, 0.29) is 5.02 Å². The minimum absolute atomic E-state index is 0.143. The van der Waals surface area contributed by atoms with Crippen molar-refractivity contribution in [3.8, 4) is 0 Å². The Morgan fingerprint density at radius 1 is 1.24 bits per heavy atom. The van der Waals surface area contributed by atoms with Crippen molar-refractivity contribution < 1.29 is 4.39 Å². The number of aromatic nitrogens is 3. The first kappa shape index (κ1) is 14.0. The minimum atomic E-state index is -0.399. The lowest BCUT2D eigenvalue weighted by Crippen LogP contribution is -2.13. The molecule has 0 saturated heterocycles. The third-order valence-electron chi connectivity index (χ3n) is 3.13. The maximum atomic E-state index is 13.1. The van der Waals surface area contributed by atoms with Crippen LogP contribution in [0.2, 0.25) is 5.02 Å². The molecule has 0 saturated carbocycles. The highest BCUT2D eigenvalue weighted by atomic mass is 35.5. The van der Waals surface area contributed by atoms with E-state index in [4.69, 9.17) is 11.6 Å². The van der Waals surface area contributed by atoms with Crippen molar-refractivity contribution in [2.24, 2.45) is 0 Å². The fourth-order valence-electron chi connectivity index (χ4n) is 2.13. The van der Waals surface area contributed by atoms with Crippen LogP contribution in [0.3, 0.4) is 0 Å². The maximum absolute atomic E-state index is 13.1. The number of hydrogen-bond donors (Lipinski definition) is 1. The second kappa shape index (κ2) is 5.79. The van der Waals surface area contributed by atoms with Gasteiger partial charge in [0, 0.05) is 37.1 Å². The van der Waals surface area contributed by atoms with Crippen LogP contribution in [0.4, 0.5) is 4.39 Å². The standard InChI is InChI=1S/C15H14ClFN4/c1-10-4-15-19-8-12(9-21(15)20-10)7-18-6-11-2-3-14(17)13(16)5-11/h2-5,8-9,18H,6-7H2,1H3. The Morgan fingerprint density at radius 2 is 2.05 bits per heavy atom. The molecule has 3 aromatic rings. The lowest BCUT2D eigenvalue weighted by Gasteiger charge is -2.06. The average Bonchev–Trinajstić information content (AvgIpc) is 2.82. The summed E-state index contributed by atoms with van der Waals surface area (Å²) >= 11 is 5.75. The lowest BCUT2D eigenvalue weighted by atomic mass is 10.2. The van der Waals surface area contributed by atoms with Crippen molar-refractivity contribution in [3.05, 3.63) is 64.3 Å². The number of nitrogens with zero attached hydrogens (tertiary/aromatic N) is 3. The highest BCUT2D eigenvalue weighted by Gasteiger charge is 2.03. The summed E-state index contributed by atoms with van der Waals surface area (Å²) in [4.78, 5) is 4.34. The molecule has 1 N–H and O–H groups in total. The van der Waals surface area contributed by atoms with Crippen molar-refractivity contribution in [1.29, 1.82) is 0 Å². The number of benzene rings is 1. The van der Waals surface area contributed by atoms with E-state index in [0.717, 1.165) is 22.5 Å². The summed E-state index contributed by atoms with van der Waals surface area (Å²) in [6.07, 6.45) is 3.76. The van der Waals surface area contributed by atoms with Crippen molar-refractivity contribution in [2.45, 2.75) is 20.0 Å². The van der Waals surface area contributed by atoms with E-state index in [9.17, 15) is 4.39 Å². The Kier molecular flexibility index (Phi) is 3.86. The van der Waals surface area contributed by atoms with E-state index in [1.807, 2.05) is 25.4 Å². The van der Waals surface area contributed by atoms with Gasteiger partial charge in [-0.2, -0.15) is 5.10 Å². The lowest BCUT2D eigenvalue weighted by molar-refractivity contribution is 0.625. The molecule has 0 atom stereocenters. The molecule has 108 valence electrons. The van der Waals surface area contributed by atoms with Gasteiger partial charge in [0.1, 0.15) is 5.82 Å². The zero-order chi connectivity index (χ0) is 14.8. The molecule has 1 aromatic carbocycles. The van der Waals surface area contributed by atoms with E-state index in [1.54, 1.807) is 16.6 Å². The number of nitrogens with one attached hydrogen (secondary N) is 1. The zero-order valence-electron chi connectivity index (χ0n) is 11.5. The van der Waals surface area contributed by atoms with Crippen molar-refractivity contribution in [2.75, 3.05) is 0 Å². The largest absolute Gasteiger partial charge is 0.309 e. The van der Waals surface area contributed by atoms with Crippen LogP contribution < -0.4 is 5.32 Å². The van der Waals surface area contributed by atoms with Gasteiger partial charge >= 0.3 is 0 Å². The maximum Gasteiger partial charge on any atom is 0.155 e. The molecular weight excluding hydrogens is 291 g/mol. The monoisotopic (exact) mass is 304 g/mol. The van der Waals surface area contributed by atoms with Gasteiger partial charge in [0.15, 0.2) is 5.65 Å². The van der Waals surface area contributed by atoms with Gasteiger partial charge in [-0.25, -0.2) is 13.9 Å². The predicted octanol–water partition coefficient (Wildman–Crippen LogP) is 3.12. The summed E-state index contributed by atoms with van der Waals surface area (Å²) in [7, 11) is 0. The number of fused-ring (bicyclic) bond motifs is 1. The summed E-state index contributed by atoms with van der Waals surface area (Å²) in [5.74, 6) is -0.399. The van der Waals surface area contributed by atoms with E-state index in [0.29, 0.717) is 13.1 Å². The molecular formula is C15H14ClFN4. The molecule has 0 unspecified atom stereocenters. The molecule has 4 nitrogen and oxygen atoms in total. The molecule has 21 heavy (non-hydrogen) atoms. The second-order valence-electron chi connectivity index (χ2n) is 4.90. The number of hydrogen-bond acceptors (Lipinski definition) is 3.